The Bertz CT molecular complexity index is 601. The number of ether oxygens (including phenoxy) is 2. The summed E-state index contributed by atoms with van der Waals surface area (Å²) in [6.07, 6.45) is 12.3. The van der Waals surface area contributed by atoms with Gasteiger partial charge in [0.05, 0.1) is 12.7 Å². The van der Waals surface area contributed by atoms with E-state index in [1.807, 2.05) is 13.0 Å². The van der Waals surface area contributed by atoms with Gasteiger partial charge in [-0.25, -0.2) is 4.79 Å². The fraction of sp³-hybridized carbons (Fsp3) is 0.870. The number of carbonyl (C=O) groups is 1. The highest BCUT2D eigenvalue weighted by Gasteiger charge is 2.60. The molecule has 152 valence electrons. The Morgan fingerprint density at radius 1 is 1.15 bits per heavy atom. The van der Waals surface area contributed by atoms with Gasteiger partial charge in [-0.15, -0.1) is 0 Å². The Balaban J connectivity index is 1.50. The Labute approximate surface area is 163 Å². The zero-order chi connectivity index (χ0) is 19.2. The van der Waals surface area contributed by atoms with Crippen LogP contribution in [0.5, 0.6) is 0 Å². The lowest BCUT2D eigenvalue weighted by molar-refractivity contribution is -0.107. The number of aliphatic hydroxyl groups excluding tert-OH is 1. The van der Waals surface area contributed by atoms with Crippen LogP contribution < -0.4 is 0 Å². The second-order valence-corrected chi connectivity index (χ2v) is 10.0. The molecule has 0 amide bonds. The monoisotopic (exact) mass is 376 g/mol. The summed E-state index contributed by atoms with van der Waals surface area (Å²) in [5.41, 5.74) is 0.315. The molecule has 4 aliphatic rings. The number of carbonyl (C=O) groups excluding carboxylic acids is 1. The Hall–Kier alpha value is -1.03. The summed E-state index contributed by atoms with van der Waals surface area (Å²) in [7, 11) is 0. The number of fused-ring (bicyclic) bond motifs is 5. The van der Waals surface area contributed by atoms with Crippen molar-refractivity contribution in [1.82, 2.24) is 0 Å². The minimum absolute atomic E-state index is 0.00190. The first kappa shape index (κ1) is 19.3. The molecule has 4 nitrogen and oxygen atoms in total. The smallest absolute Gasteiger partial charge is 0.434 e. The Kier molecular flexibility index (Phi) is 5.07. The highest BCUT2D eigenvalue weighted by Crippen LogP contribution is 2.65. The highest BCUT2D eigenvalue weighted by atomic mass is 16.7. The molecule has 4 rings (SSSR count). The van der Waals surface area contributed by atoms with E-state index in [-0.39, 0.29) is 23.0 Å². The number of rotatable bonds is 3. The van der Waals surface area contributed by atoms with E-state index in [0.717, 1.165) is 32.1 Å². The van der Waals surface area contributed by atoms with Crippen LogP contribution in [-0.2, 0) is 9.47 Å². The molecule has 3 saturated carbocycles. The molecule has 0 bridgehead atoms. The highest BCUT2D eigenvalue weighted by molar-refractivity contribution is 5.60. The second-order valence-electron chi connectivity index (χ2n) is 10.0. The lowest BCUT2D eigenvalue weighted by Crippen LogP contribution is -2.53. The molecule has 0 aromatic heterocycles. The summed E-state index contributed by atoms with van der Waals surface area (Å²) in [6.45, 7) is 7.23. The van der Waals surface area contributed by atoms with Crippen LogP contribution in [0.15, 0.2) is 12.2 Å². The summed E-state index contributed by atoms with van der Waals surface area (Å²) in [4.78, 5) is 12.0. The molecule has 0 aromatic carbocycles. The summed E-state index contributed by atoms with van der Waals surface area (Å²) < 4.78 is 11.0. The quantitative estimate of drug-likeness (QED) is 0.550. The van der Waals surface area contributed by atoms with Gasteiger partial charge < -0.3 is 14.6 Å². The van der Waals surface area contributed by atoms with Crippen LogP contribution in [-0.4, -0.2) is 30.1 Å². The summed E-state index contributed by atoms with van der Waals surface area (Å²) >= 11 is 0. The van der Waals surface area contributed by atoms with Crippen molar-refractivity contribution >= 4 is 6.16 Å². The molecule has 27 heavy (non-hydrogen) atoms. The summed E-state index contributed by atoms with van der Waals surface area (Å²) in [5, 5.41) is 10.1. The van der Waals surface area contributed by atoms with Gasteiger partial charge in [-0.2, -0.15) is 0 Å². The van der Waals surface area contributed by atoms with Crippen LogP contribution in [0, 0.1) is 34.5 Å². The van der Waals surface area contributed by atoms with Crippen molar-refractivity contribution < 1.29 is 19.4 Å². The van der Waals surface area contributed by atoms with E-state index in [4.69, 9.17) is 9.47 Å². The topological polar surface area (TPSA) is 55.8 Å². The fourth-order valence-electron chi connectivity index (χ4n) is 7.27. The van der Waals surface area contributed by atoms with E-state index in [1.165, 1.54) is 19.3 Å². The fourth-order valence-corrected chi connectivity index (χ4v) is 7.27. The third-order valence-electron chi connectivity index (χ3n) is 8.74. The lowest BCUT2D eigenvalue weighted by Gasteiger charge is -2.59. The molecule has 0 aliphatic heterocycles. The third-order valence-corrected chi connectivity index (χ3v) is 8.74. The van der Waals surface area contributed by atoms with Crippen molar-refractivity contribution in [2.45, 2.75) is 84.3 Å². The van der Waals surface area contributed by atoms with Gasteiger partial charge in [0.2, 0.25) is 0 Å². The van der Waals surface area contributed by atoms with Crippen LogP contribution >= 0.6 is 0 Å². The number of aliphatic hydroxyl groups is 1. The molecule has 4 aliphatic carbocycles. The Morgan fingerprint density at radius 2 is 1.96 bits per heavy atom. The van der Waals surface area contributed by atoms with Gasteiger partial charge in [0.15, 0.2) is 0 Å². The van der Waals surface area contributed by atoms with Gasteiger partial charge in [0, 0.05) is 5.41 Å². The van der Waals surface area contributed by atoms with E-state index in [0.29, 0.717) is 30.3 Å². The van der Waals surface area contributed by atoms with Gasteiger partial charge in [-0.3, -0.25) is 0 Å². The van der Waals surface area contributed by atoms with Gasteiger partial charge in [-0.05, 0) is 80.5 Å². The molecule has 0 heterocycles. The largest absolute Gasteiger partial charge is 0.508 e. The van der Waals surface area contributed by atoms with E-state index in [1.54, 1.807) is 0 Å². The van der Waals surface area contributed by atoms with Crippen molar-refractivity contribution in [3.05, 3.63) is 12.2 Å². The lowest BCUT2D eigenvalue weighted by atomic mass is 9.46. The SMILES string of the molecule is CCCOC(=O)O[C@H]1CC[C@H]2[C@@H]3CC[C@H]4CC(O)C=C[C@]4(C)[C@H]3CC[C@]12C. The first-order valence-electron chi connectivity index (χ1n) is 11.1. The standard InChI is InChI=1S/C23H36O4/c1-4-13-26-21(25)27-20-8-7-18-17-6-5-15-14-16(24)9-11-22(15,2)19(17)10-12-23(18,20)3/h9,11,15-20,24H,4-8,10,12-14H2,1-3H3/t15-,16?,17-,18-,19-,20-,22-,23-/m0/s1. The van der Waals surface area contributed by atoms with Gasteiger partial charge in [0.1, 0.15) is 6.10 Å². The molecule has 4 heteroatoms. The first-order valence-corrected chi connectivity index (χ1v) is 11.1. The maximum atomic E-state index is 12.0. The van der Waals surface area contributed by atoms with Crippen LogP contribution in [0.3, 0.4) is 0 Å². The molecule has 3 fully saturated rings. The Morgan fingerprint density at radius 3 is 2.74 bits per heavy atom. The number of hydrogen-bond acceptors (Lipinski definition) is 4. The zero-order valence-electron chi connectivity index (χ0n) is 17.2. The third kappa shape index (κ3) is 3.12. The van der Waals surface area contributed by atoms with Gasteiger partial charge in [-0.1, -0.05) is 32.9 Å². The normalized spacial score (nSPS) is 48.3. The van der Waals surface area contributed by atoms with Crippen molar-refractivity contribution in [1.29, 1.82) is 0 Å². The molecule has 0 aromatic rings. The maximum absolute atomic E-state index is 12.0. The predicted octanol–water partition coefficient (Wildman–Crippen LogP) is 5.10. The average Bonchev–Trinajstić information content (AvgIpc) is 2.97. The van der Waals surface area contributed by atoms with Crippen LogP contribution in [0.4, 0.5) is 4.79 Å². The van der Waals surface area contributed by atoms with Crippen molar-refractivity contribution in [2.24, 2.45) is 34.5 Å². The predicted molar refractivity (Wildman–Crippen MR) is 104 cm³/mol. The van der Waals surface area contributed by atoms with E-state index >= 15 is 0 Å². The van der Waals surface area contributed by atoms with E-state index in [2.05, 4.69) is 19.9 Å². The molecular formula is C23H36O4. The van der Waals surface area contributed by atoms with E-state index in [9.17, 15) is 9.90 Å². The average molecular weight is 377 g/mol. The van der Waals surface area contributed by atoms with Crippen LogP contribution in [0.25, 0.3) is 0 Å². The molecule has 8 atom stereocenters. The first-order chi connectivity index (χ1) is 12.9. The van der Waals surface area contributed by atoms with Crippen molar-refractivity contribution in [3.8, 4) is 0 Å². The number of hydrogen-bond donors (Lipinski definition) is 1. The van der Waals surface area contributed by atoms with E-state index < -0.39 is 6.16 Å². The molecule has 0 saturated heterocycles. The van der Waals surface area contributed by atoms with Crippen molar-refractivity contribution in [3.63, 3.8) is 0 Å². The van der Waals surface area contributed by atoms with Gasteiger partial charge in [0.25, 0.3) is 0 Å². The maximum Gasteiger partial charge on any atom is 0.508 e. The molecule has 0 spiro atoms. The van der Waals surface area contributed by atoms with Crippen molar-refractivity contribution in [2.75, 3.05) is 6.61 Å². The summed E-state index contributed by atoms with van der Waals surface area (Å²) in [6, 6.07) is 0. The second kappa shape index (κ2) is 7.09. The van der Waals surface area contributed by atoms with Gasteiger partial charge >= 0.3 is 6.16 Å². The molecule has 0 radical (unpaired) electrons. The summed E-state index contributed by atoms with van der Waals surface area (Å²) in [5.74, 6) is 2.66. The number of allylic oxidation sites excluding steroid dienone is 1. The zero-order valence-corrected chi connectivity index (χ0v) is 17.2. The minimum atomic E-state index is -0.481. The van der Waals surface area contributed by atoms with Crippen LogP contribution in [0.2, 0.25) is 0 Å². The molecule has 1 N–H and O–H groups in total. The van der Waals surface area contributed by atoms with Crippen LogP contribution in [0.1, 0.15) is 72.1 Å². The molecule has 1 unspecified atom stereocenters. The minimum Gasteiger partial charge on any atom is -0.434 e. The molecular weight excluding hydrogens is 340 g/mol.